The molecule has 3 rings (SSSR count). The van der Waals surface area contributed by atoms with E-state index in [0.717, 1.165) is 16.7 Å². The van der Waals surface area contributed by atoms with Crippen molar-refractivity contribution in [3.63, 3.8) is 0 Å². The van der Waals surface area contributed by atoms with E-state index in [1.54, 1.807) is 37.4 Å². The van der Waals surface area contributed by atoms with Gasteiger partial charge in [-0.2, -0.15) is 5.10 Å². The Hall–Kier alpha value is -3.67. The lowest BCUT2D eigenvalue weighted by atomic mass is 10.1. The Labute approximate surface area is 168 Å². The number of nitrogens with one attached hydrogen (secondary N) is 1. The first-order valence-corrected chi connectivity index (χ1v) is 9.05. The molecule has 6 heteroatoms. The van der Waals surface area contributed by atoms with Gasteiger partial charge in [-0.3, -0.25) is 4.79 Å². The molecule has 3 aromatic rings. The topological polar surface area (TPSA) is 59.9 Å². The Morgan fingerprint density at radius 3 is 2.48 bits per heavy atom. The number of hydrazone groups is 1. The number of hydrogen-bond acceptors (Lipinski definition) is 4. The molecule has 0 fully saturated rings. The van der Waals surface area contributed by atoms with Gasteiger partial charge in [0, 0.05) is 0 Å². The fourth-order valence-electron chi connectivity index (χ4n) is 2.63. The molecule has 5 nitrogen and oxygen atoms in total. The maximum absolute atomic E-state index is 13.0. The number of ether oxygens (including phenoxy) is 2. The fourth-order valence-corrected chi connectivity index (χ4v) is 2.63. The van der Waals surface area contributed by atoms with Crippen LogP contribution in [0.2, 0.25) is 0 Å². The van der Waals surface area contributed by atoms with E-state index in [1.165, 1.54) is 18.3 Å². The van der Waals surface area contributed by atoms with Crippen LogP contribution in [0.1, 0.15) is 16.7 Å². The number of carbonyl (C=O) groups is 1. The van der Waals surface area contributed by atoms with E-state index in [4.69, 9.17) is 9.47 Å². The molecule has 0 spiro atoms. The van der Waals surface area contributed by atoms with Crippen molar-refractivity contribution in [2.75, 3.05) is 7.11 Å². The third-order valence-corrected chi connectivity index (χ3v) is 4.11. The summed E-state index contributed by atoms with van der Waals surface area (Å²) >= 11 is 0. The summed E-state index contributed by atoms with van der Waals surface area (Å²) in [6.07, 6.45) is 1.80. The van der Waals surface area contributed by atoms with Crippen LogP contribution in [0.3, 0.4) is 0 Å². The highest BCUT2D eigenvalue weighted by Crippen LogP contribution is 2.28. The second kappa shape index (κ2) is 10.0. The molecule has 29 heavy (non-hydrogen) atoms. The van der Waals surface area contributed by atoms with Crippen LogP contribution in [0.4, 0.5) is 4.39 Å². The Bertz CT molecular complexity index is 973. The minimum Gasteiger partial charge on any atom is -0.493 e. The Balaban J connectivity index is 1.56. The first kappa shape index (κ1) is 20.1. The number of amides is 1. The first-order chi connectivity index (χ1) is 14.1. The maximum atomic E-state index is 13.0. The van der Waals surface area contributed by atoms with Gasteiger partial charge in [0.05, 0.1) is 19.7 Å². The monoisotopic (exact) mass is 392 g/mol. The number of halogens is 1. The molecule has 0 aliphatic heterocycles. The number of nitrogens with zero attached hydrogens (tertiary/aromatic N) is 1. The highest BCUT2D eigenvalue weighted by molar-refractivity contribution is 5.84. The van der Waals surface area contributed by atoms with Crippen LogP contribution < -0.4 is 14.9 Å². The van der Waals surface area contributed by atoms with Gasteiger partial charge < -0.3 is 9.47 Å². The van der Waals surface area contributed by atoms with Crippen molar-refractivity contribution in [3.05, 3.63) is 95.3 Å². The number of rotatable bonds is 8. The average Bonchev–Trinajstić information content (AvgIpc) is 2.74. The highest BCUT2D eigenvalue weighted by atomic mass is 19.1. The molecule has 0 saturated carbocycles. The minimum absolute atomic E-state index is 0.196. The van der Waals surface area contributed by atoms with Crippen molar-refractivity contribution in [1.82, 2.24) is 5.43 Å². The normalized spacial score (nSPS) is 10.7. The van der Waals surface area contributed by atoms with Crippen LogP contribution in [-0.4, -0.2) is 19.2 Å². The average molecular weight is 392 g/mol. The third-order valence-electron chi connectivity index (χ3n) is 4.11. The van der Waals surface area contributed by atoms with E-state index in [2.05, 4.69) is 10.5 Å². The molecule has 0 aliphatic carbocycles. The van der Waals surface area contributed by atoms with Crippen molar-refractivity contribution >= 4 is 12.1 Å². The van der Waals surface area contributed by atoms with Crippen LogP contribution in [0, 0.1) is 5.82 Å². The Morgan fingerprint density at radius 2 is 1.76 bits per heavy atom. The van der Waals surface area contributed by atoms with Gasteiger partial charge in [-0.15, -0.1) is 0 Å². The number of carbonyl (C=O) groups excluding carboxylic acids is 1. The molecule has 1 N–H and O–H groups in total. The van der Waals surface area contributed by atoms with Crippen molar-refractivity contribution in [3.8, 4) is 11.5 Å². The second-order valence-electron chi connectivity index (χ2n) is 6.28. The van der Waals surface area contributed by atoms with Gasteiger partial charge in [-0.05, 0) is 47.0 Å². The lowest BCUT2D eigenvalue weighted by Gasteiger charge is -2.11. The van der Waals surface area contributed by atoms with E-state index >= 15 is 0 Å². The second-order valence-corrected chi connectivity index (χ2v) is 6.28. The molecular formula is C23H21FN2O3. The van der Waals surface area contributed by atoms with E-state index in [9.17, 15) is 9.18 Å². The van der Waals surface area contributed by atoms with E-state index in [0.29, 0.717) is 18.1 Å². The van der Waals surface area contributed by atoms with Crippen LogP contribution in [-0.2, 0) is 17.8 Å². The number of hydrogen-bond donors (Lipinski definition) is 1. The molecule has 1 amide bonds. The molecule has 0 aliphatic rings. The predicted molar refractivity (Wildman–Crippen MR) is 110 cm³/mol. The van der Waals surface area contributed by atoms with Gasteiger partial charge in [0.15, 0.2) is 11.5 Å². The summed E-state index contributed by atoms with van der Waals surface area (Å²) in [5.41, 5.74) is 5.03. The van der Waals surface area contributed by atoms with Gasteiger partial charge in [0.2, 0.25) is 5.91 Å². The van der Waals surface area contributed by atoms with Crippen LogP contribution >= 0.6 is 0 Å². The third kappa shape index (κ3) is 6.17. The fraction of sp³-hybridized carbons (Fsp3) is 0.130. The number of methoxy groups -OCH3 is 1. The molecule has 0 radical (unpaired) electrons. The molecule has 0 saturated heterocycles. The Morgan fingerprint density at radius 1 is 1.00 bits per heavy atom. The molecular weight excluding hydrogens is 371 g/mol. The van der Waals surface area contributed by atoms with Crippen LogP contribution in [0.25, 0.3) is 0 Å². The largest absolute Gasteiger partial charge is 0.493 e. The molecule has 148 valence electrons. The quantitative estimate of drug-likeness (QED) is 0.464. The zero-order valence-corrected chi connectivity index (χ0v) is 16.0. The summed E-state index contributed by atoms with van der Waals surface area (Å²) in [7, 11) is 1.54. The summed E-state index contributed by atoms with van der Waals surface area (Å²) in [5.74, 6) is 0.609. The number of benzene rings is 3. The van der Waals surface area contributed by atoms with Crippen LogP contribution in [0.15, 0.2) is 77.9 Å². The summed E-state index contributed by atoms with van der Waals surface area (Å²) in [6, 6.07) is 20.9. The zero-order valence-electron chi connectivity index (χ0n) is 16.0. The van der Waals surface area contributed by atoms with Crippen molar-refractivity contribution < 1.29 is 18.7 Å². The summed E-state index contributed by atoms with van der Waals surface area (Å²) in [4.78, 5) is 11.9. The van der Waals surface area contributed by atoms with Gasteiger partial charge in [-0.1, -0.05) is 42.5 Å². The highest BCUT2D eigenvalue weighted by Gasteiger charge is 2.06. The minimum atomic E-state index is -0.286. The lowest BCUT2D eigenvalue weighted by molar-refractivity contribution is -0.120. The van der Waals surface area contributed by atoms with Crippen molar-refractivity contribution in [2.45, 2.75) is 13.0 Å². The Kier molecular flexibility index (Phi) is 6.95. The standard InChI is InChI=1S/C23H21FN2O3/c1-28-22-13-19(15-25-26-23(27)14-17-5-3-2-4-6-17)9-12-21(22)29-16-18-7-10-20(24)11-8-18/h2-13,15H,14,16H2,1H3,(H,26,27)/b25-15+. The van der Waals surface area contributed by atoms with Gasteiger partial charge in [0.1, 0.15) is 12.4 Å². The zero-order chi connectivity index (χ0) is 20.5. The maximum Gasteiger partial charge on any atom is 0.244 e. The first-order valence-electron chi connectivity index (χ1n) is 9.05. The van der Waals surface area contributed by atoms with Gasteiger partial charge in [0.25, 0.3) is 0 Å². The smallest absolute Gasteiger partial charge is 0.244 e. The SMILES string of the molecule is COc1cc(/C=N/NC(=O)Cc2ccccc2)ccc1OCc1ccc(F)cc1. The summed E-state index contributed by atoms with van der Waals surface area (Å²) in [5, 5.41) is 3.99. The lowest BCUT2D eigenvalue weighted by Crippen LogP contribution is -2.19. The predicted octanol–water partition coefficient (Wildman–Crippen LogP) is 4.11. The van der Waals surface area contributed by atoms with E-state index in [-0.39, 0.29) is 18.1 Å². The van der Waals surface area contributed by atoms with Crippen molar-refractivity contribution in [1.29, 1.82) is 0 Å². The molecule has 0 atom stereocenters. The molecule has 0 aromatic heterocycles. The molecule has 0 unspecified atom stereocenters. The van der Waals surface area contributed by atoms with Gasteiger partial charge >= 0.3 is 0 Å². The van der Waals surface area contributed by atoms with Crippen molar-refractivity contribution in [2.24, 2.45) is 5.10 Å². The van der Waals surface area contributed by atoms with E-state index < -0.39 is 0 Å². The molecule has 0 heterocycles. The van der Waals surface area contributed by atoms with Crippen LogP contribution in [0.5, 0.6) is 11.5 Å². The molecule has 0 bridgehead atoms. The van der Waals surface area contributed by atoms with E-state index in [1.807, 2.05) is 30.3 Å². The summed E-state index contributed by atoms with van der Waals surface area (Å²) < 4.78 is 24.1. The van der Waals surface area contributed by atoms with Gasteiger partial charge in [-0.25, -0.2) is 9.82 Å². The molecule has 3 aromatic carbocycles. The summed E-state index contributed by atoms with van der Waals surface area (Å²) in [6.45, 7) is 0.291.